The predicted molar refractivity (Wildman–Crippen MR) is 80.2 cm³/mol. The number of hydrogen-bond donors (Lipinski definition) is 1. The molecule has 0 unspecified atom stereocenters. The van der Waals surface area contributed by atoms with E-state index in [0.29, 0.717) is 17.4 Å². The van der Waals surface area contributed by atoms with Gasteiger partial charge >= 0.3 is 0 Å². The lowest BCUT2D eigenvalue weighted by Crippen LogP contribution is -2.49. The van der Waals surface area contributed by atoms with E-state index in [9.17, 15) is 4.79 Å². The van der Waals surface area contributed by atoms with Crippen molar-refractivity contribution >= 4 is 5.91 Å². The molecule has 5 fully saturated rings. The molecule has 0 saturated heterocycles. The van der Waals surface area contributed by atoms with Crippen LogP contribution in [0.2, 0.25) is 0 Å². The van der Waals surface area contributed by atoms with Gasteiger partial charge in [0.05, 0.1) is 0 Å². The molecule has 0 spiro atoms. The van der Waals surface area contributed by atoms with Gasteiger partial charge in [-0.3, -0.25) is 4.79 Å². The van der Waals surface area contributed by atoms with Gasteiger partial charge in [0, 0.05) is 12.5 Å². The van der Waals surface area contributed by atoms with Crippen molar-refractivity contribution in [2.75, 3.05) is 0 Å². The second-order valence-electron chi connectivity index (χ2n) is 8.50. The van der Waals surface area contributed by atoms with Crippen LogP contribution in [0.1, 0.15) is 77.0 Å². The number of hydrogen-bond acceptors (Lipinski definition) is 1. The Morgan fingerprint density at radius 1 is 0.900 bits per heavy atom. The molecule has 112 valence electrons. The number of carbonyl (C=O) groups excluding carboxylic acids is 1. The van der Waals surface area contributed by atoms with Crippen LogP contribution >= 0.6 is 0 Å². The van der Waals surface area contributed by atoms with Gasteiger partial charge in [-0.1, -0.05) is 19.3 Å². The van der Waals surface area contributed by atoms with Gasteiger partial charge in [0.25, 0.3) is 0 Å². The van der Waals surface area contributed by atoms with Crippen LogP contribution in [-0.2, 0) is 4.79 Å². The second-order valence-corrected chi connectivity index (χ2v) is 8.50. The van der Waals surface area contributed by atoms with E-state index < -0.39 is 0 Å². The third-order valence-electron chi connectivity index (χ3n) is 6.67. The summed E-state index contributed by atoms with van der Waals surface area (Å²) in [7, 11) is 0. The van der Waals surface area contributed by atoms with Gasteiger partial charge in [-0.15, -0.1) is 0 Å². The van der Waals surface area contributed by atoms with E-state index >= 15 is 0 Å². The van der Waals surface area contributed by atoms with E-state index in [0.717, 1.165) is 24.2 Å². The highest BCUT2D eigenvalue weighted by Crippen LogP contribution is 2.61. The normalized spacial score (nSPS) is 43.7. The van der Waals surface area contributed by atoms with Crippen molar-refractivity contribution in [1.29, 1.82) is 0 Å². The molecule has 0 aromatic carbocycles. The van der Waals surface area contributed by atoms with E-state index in [2.05, 4.69) is 5.32 Å². The fourth-order valence-electron chi connectivity index (χ4n) is 6.37. The number of carbonyl (C=O) groups is 1. The van der Waals surface area contributed by atoms with Crippen LogP contribution in [0.5, 0.6) is 0 Å². The first-order valence-electron chi connectivity index (χ1n) is 9.00. The maximum Gasteiger partial charge on any atom is 0.220 e. The highest BCUT2D eigenvalue weighted by atomic mass is 16.1. The summed E-state index contributed by atoms with van der Waals surface area (Å²) in [5, 5.41) is 3.35. The topological polar surface area (TPSA) is 29.1 Å². The molecule has 0 aromatic heterocycles. The average Bonchev–Trinajstić information content (AvgIpc) is 2.37. The fourth-order valence-corrected chi connectivity index (χ4v) is 6.37. The number of rotatable bonds is 3. The summed E-state index contributed by atoms with van der Waals surface area (Å²) in [5.74, 6) is 3.26. The molecule has 2 heteroatoms. The summed E-state index contributed by atoms with van der Waals surface area (Å²) in [5.41, 5.74) is 0.410. The molecule has 1 amide bonds. The van der Waals surface area contributed by atoms with Crippen molar-refractivity contribution in [3.05, 3.63) is 0 Å². The Balaban J connectivity index is 1.37. The van der Waals surface area contributed by atoms with E-state index in [1.165, 1.54) is 70.6 Å². The molecule has 2 nitrogen and oxygen atoms in total. The zero-order chi connectivity index (χ0) is 13.6. The van der Waals surface area contributed by atoms with Crippen LogP contribution in [0, 0.1) is 23.2 Å². The minimum absolute atomic E-state index is 0.374. The van der Waals surface area contributed by atoms with Gasteiger partial charge in [0.15, 0.2) is 0 Å². The van der Waals surface area contributed by atoms with E-state index in [-0.39, 0.29) is 0 Å². The minimum atomic E-state index is 0.374. The minimum Gasteiger partial charge on any atom is -0.353 e. The third kappa shape index (κ3) is 2.51. The lowest BCUT2D eigenvalue weighted by atomic mass is 9.49. The molecule has 0 radical (unpaired) electrons. The molecule has 0 heterocycles. The Kier molecular flexibility index (Phi) is 3.31. The highest BCUT2D eigenvalue weighted by molar-refractivity contribution is 5.77. The van der Waals surface area contributed by atoms with Crippen LogP contribution in [0.4, 0.5) is 0 Å². The fraction of sp³-hybridized carbons (Fsp3) is 0.944. The second kappa shape index (κ2) is 5.03. The van der Waals surface area contributed by atoms with Gasteiger partial charge in [-0.2, -0.15) is 0 Å². The Labute approximate surface area is 123 Å². The Hall–Kier alpha value is -0.530. The van der Waals surface area contributed by atoms with E-state index in [4.69, 9.17) is 0 Å². The summed E-state index contributed by atoms with van der Waals surface area (Å²) in [6.07, 6.45) is 15.7. The van der Waals surface area contributed by atoms with E-state index in [1.54, 1.807) is 0 Å². The summed E-state index contributed by atoms with van der Waals surface area (Å²) < 4.78 is 0. The first-order chi connectivity index (χ1) is 9.71. The molecule has 0 atom stereocenters. The molecule has 0 aliphatic heterocycles. The van der Waals surface area contributed by atoms with Gasteiger partial charge in [-0.25, -0.2) is 0 Å². The standard InChI is InChI=1S/C18H29NO/c20-17(19-16-4-2-1-3-5-16)12-18-9-13-6-14(10-18)8-15(7-13)11-18/h13-16H,1-12H2,(H,19,20). The quantitative estimate of drug-likeness (QED) is 0.827. The lowest BCUT2D eigenvalue weighted by molar-refractivity contribution is -0.130. The first kappa shape index (κ1) is 13.2. The predicted octanol–water partition coefficient (Wildman–Crippen LogP) is 4.04. The molecular weight excluding hydrogens is 246 g/mol. The molecule has 5 saturated carbocycles. The SMILES string of the molecule is O=C(CC12CC3CC(CC(C3)C1)C2)NC1CCCCC1. The molecule has 5 aliphatic carbocycles. The highest BCUT2D eigenvalue weighted by Gasteiger charge is 2.51. The van der Waals surface area contributed by atoms with Crippen molar-refractivity contribution in [3.8, 4) is 0 Å². The number of amides is 1. The Morgan fingerprint density at radius 3 is 2.00 bits per heavy atom. The molecule has 0 aromatic rings. The van der Waals surface area contributed by atoms with Crippen molar-refractivity contribution in [2.45, 2.75) is 83.1 Å². The summed E-state index contributed by atoms with van der Waals surface area (Å²) >= 11 is 0. The van der Waals surface area contributed by atoms with Crippen molar-refractivity contribution < 1.29 is 4.79 Å². The maximum atomic E-state index is 12.5. The monoisotopic (exact) mass is 275 g/mol. The molecule has 20 heavy (non-hydrogen) atoms. The molecular formula is C18H29NO. The molecule has 5 rings (SSSR count). The summed E-state index contributed by atoms with van der Waals surface area (Å²) in [6, 6.07) is 0.491. The van der Waals surface area contributed by atoms with Gasteiger partial charge < -0.3 is 5.32 Å². The third-order valence-corrected chi connectivity index (χ3v) is 6.67. The Bertz CT molecular complexity index is 348. The molecule has 4 bridgehead atoms. The summed E-state index contributed by atoms with van der Waals surface area (Å²) in [6.45, 7) is 0. The maximum absolute atomic E-state index is 12.5. The zero-order valence-electron chi connectivity index (χ0n) is 12.7. The van der Waals surface area contributed by atoms with Crippen molar-refractivity contribution in [1.82, 2.24) is 5.32 Å². The van der Waals surface area contributed by atoms with Crippen molar-refractivity contribution in [2.24, 2.45) is 23.2 Å². The van der Waals surface area contributed by atoms with E-state index in [1.807, 2.05) is 0 Å². The Morgan fingerprint density at radius 2 is 1.45 bits per heavy atom. The van der Waals surface area contributed by atoms with Crippen LogP contribution < -0.4 is 5.32 Å². The lowest BCUT2D eigenvalue weighted by Gasteiger charge is -2.56. The summed E-state index contributed by atoms with van der Waals surface area (Å²) in [4.78, 5) is 12.5. The largest absolute Gasteiger partial charge is 0.353 e. The molecule has 5 aliphatic rings. The zero-order valence-corrected chi connectivity index (χ0v) is 12.7. The van der Waals surface area contributed by atoms with Crippen LogP contribution in [0.15, 0.2) is 0 Å². The van der Waals surface area contributed by atoms with Crippen LogP contribution in [0.3, 0.4) is 0 Å². The van der Waals surface area contributed by atoms with Crippen LogP contribution in [-0.4, -0.2) is 11.9 Å². The van der Waals surface area contributed by atoms with Crippen molar-refractivity contribution in [3.63, 3.8) is 0 Å². The smallest absolute Gasteiger partial charge is 0.220 e. The van der Waals surface area contributed by atoms with Gasteiger partial charge in [-0.05, 0) is 74.5 Å². The van der Waals surface area contributed by atoms with Crippen LogP contribution in [0.25, 0.3) is 0 Å². The van der Waals surface area contributed by atoms with Gasteiger partial charge in [0.1, 0.15) is 0 Å². The molecule has 1 N–H and O–H groups in total. The first-order valence-corrected chi connectivity index (χ1v) is 9.00. The van der Waals surface area contributed by atoms with Gasteiger partial charge in [0.2, 0.25) is 5.91 Å². The number of nitrogens with one attached hydrogen (secondary N) is 1. The average molecular weight is 275 g/mol.